The second-order valence-electron chi connectivity index (χ2n) is 6.35. The number of benzene rings is 1. The van der Waals surface area contributed by atoms with Crippen LogP contribution in [0.5, 0.6) is 0 Å². The molecule has 0 bridgehead atoms. The smallest absolute Gasteiger partial charge is 0.399 e. The molecule has 1 fully saturated rings. The Bertz CT molecular complexity index is 616. The van der Waals surface area contributed by atoms with Gasteiger partial charge in [-0.1, -0.05) is 19.4 Å². The van der Waals surface area contributed by atoms with E-state index in [0.29, 0.717) is 0 Å². The van der Waals surface area contributed by atoms with E-state index in [4.69, 9.17) is 15.0 Å². The molecule has 0 aromatic heterocycles. The van der Waals surface area contributed by atoms with Gasteiger partial charge in [0, 0.05) is 11.2 Å². The zero-order valence-electron chi connectivity index (χ0n) is 12.5. The topological polar surface area (TPSA) is 44.5 Å². The normalized spacial score (nSPS) is 24.0. The van der Waals surface area contributed by atoms with Crippen molar-refractivity contribution in [2.75, 3.05) is 5.73 Å². The van der Waals surface area contributed by atoms with Gasteiger partial charge < -0.3 is 15.0 Å². The van der Waals surface area contributed by atoms with E-state index in [1.54, 1.807) is 27.7 Å². The summed E-state index contributed by atoms with van der Waals surface area (Å²) in [4.78, 5) is -2.03. The molecule has 1 saturated heterocycles. The van der Waals surface area contributed by atoms with Crippen LogP contribution in [0.3, 0.4) is 0 Å². The lowest BCUT2D eigenvalue weighted by Gasteiger charge is -2.42. The van der Waals surface area contributed by atoms with Crippen LogP contribution < -0.4 is 11.2 Å². The Hall–Kier alpha value is -0.995. The molecule has 0 atom stereocenters. The van der Waals surface area contributed by atoms with Gasteiger partial charge in [0.25, 0.3) is 0 Å². The van der Waals surface area contributed by atoms with Crippen LogP contribution in [0.15, 0.2) is 23.1 Å². The van der Waals surface area contributed by atoms with Crippen LogP contribution in [-0.4, -0.2) is 18.3 Å². The molecule has 0 aliphatic carbocycles. The van der Waals surface area contributed by atoms with Crippen molar-refractivity contribution in [2.24, 2.45) is 0 Å². The minimum Gasteiger partial charge on any atom is -0.399 e. The highest BCUT2D eigenvalue weighted by Crippen LogP contribution is 3.01. The first kappa shape index (κ1) is 17.4. The van der Waals surface area contributed by atoms with E-state index < -0.39 is 38.9 Å². The molecule has 0 radical (unpaired) electrons. The van der Waals surface area contributed by atoms with Crippen molar-refractivity contribution in [1.29, 1.82) is 0 Å². The highest BCUT2D eigenvalue weighted by atomic mass is 32.5. The zero-order valence-corrected chi connectivity index (χ0v) is 13.3. The number of anilines is 1. The van der Waals surface area contributed by atoms with Crippen molar-refractivity contribution in [3.8, 4) is 0 Å². The fraction of sp³-hybridized carbons (Fsp3) is 0.500. The molecule has 3 nitrogen and oxygen atoms in total. The summed E-state index contributed by atoms with van der Waals surface area (Å²) in [5.41, 5.74) is 2.63. The predicted octanol–water partition coefficient (Wildman–Crippen LogP) is 4.23. The molecule has 0 spiro atoms. The summed E-state index contributed by atoms with van der Waals surface area (Å²) >= 11 is 0. The average Bonchev–Trinajstić information content (AvgIpc) is 2.44. The minimum atomic E-state index is -9.90. The third-order valence-electron chi connectivity index (χ3n) is 3.96. The molecule has 1 aliphatic heterocycles. The van der Waals surface area contributed by atoms with Gasteiger partial charge in [0.05, 0.1) is 11.2 Å². The highest BCUT2D eigenvalue weighted by molar-refractivity contribution is 8.46. The standard InChI is InChI=1S/C12H17BF5NO2S/c1-11(2)12(3,4)21-13(20-11)9-7-8(19)5-6-10(9)22(14,15,16,17)18/h5-7H,19H2,1-4H3. The van der Waals surface area contributed by atoms with Crippen LogP contribution in [0, 0.1) is 0 Å². The van der Waals surface area contributed by atoms with Crippen LogP contribution in [0.4, 0.5) is 25.1 Å². The number of rotatable bonds is 2. The van der Waals surface area contributed by atoms with Gasteiger partial charge in [-0.25, -0.2) is 0 Å². The van der Waals surface area contributed by atoms with Crippen molar-refractivity contribution < 1.29 is 28.7 Å². The minimum absolute atomic E-state index is 0.0877. The summed E-state index contributed by atoms with van der Waals surface area (Å²) in [6.45, 7) is 6.44. The van der Waals surface area contributed by atoms with E-state index in [0.717, 1.165) is 12.1 Å². The molecule has 10 heteroatoms. The monoisotopic (exact) mass is 345 g/mol. The Labute approximate surface area is 125 Å². The molecule has 1 aliphatic rings. The molecule has 0 amide bonds. The molecule has 1 aromatic rings. The van der Waals surface area contributed by atoms with Gasteiger partial charge in [0.2, 0.25) is 0 Å². The maximum atomic E-state index is 13.2. The summed E-state index contributed by atoms with van der Waals surface area (Å²) in [5.74, 6) is 0. The molecule has 1 heterocycles. The van der Waals surface area contributed by atoms with Crippen LogP contribution in [0.1, 0.15) is 27.7 Å². The SMILES string of the molecule is CC1(C)OB(c2cc(N)ccc2S(F)(F)(F)(F)F)OC1(C)C. The molecule has 2 N–H and O–H groups in total. The predicted molar refractivity (Wildman–Crippen MR) is 78.0 cm³/mol. The van der Waals surface area contributed by atoms with Gasteiger partial charge >= 0.3 is 17.3 Å². The Morgan fingerprint density at radius 2 is 1.41 bits per heavy atom. The summed E-state index contributed by atoms with van der Waals surface area (Å²) in [5, 5.41) is 0. The third kappa shape index (κ3) is 3.04. The van der Waals surface area contributed by atoms with E-state index in [2.05, 4.69) is 0 Å². The summed E-state index contributed by atoms with van der Waals surface area (Å²) < 4.78 is 77.0. The molecule has 22 heavy (non-hydrogen) atoms. The second kappa shape index (κ2) is 3.91. The molecule has 2 rings (SSSR count). The van der Waals surface area contributed by atoms with Crippen molar-refractivity contribution in [3.63, 3.8) is 0 Å². The third-order valence-corrected chi connectivity index (χ3v) is 5.16. The molecule has 0 unspecified atom stereocenters. The lowest BCUT2D eigenvalue weighted by Crippen LogP contribution is -2.41. The lowest BCUT2D eigenvalue weighted by atomic mass is 9.79. The van der Waals surface area contributed by atoms with Gasteiger partial charge in [-0.15, -0.1) is 0 Å². The number of nitrogen functional groups attached to an aromatic ring is 1. The number of hydrogen-bond acceptors (Lipinski definition) is 3. The van der Waals surface area contributed by atoms with Crippen LogP contribution in [0.2, 0.25) is 0 Å². The Kier molecular flexibility index (Phi) is 3.08. The molecule has 1 aromatic carbocycles. The lowest BCUT2D eigenvalue weighted by molar-refractivity contribution is 0.00578. The van der Waals surface area contributed by atoms with Crippen LogP contribution >= 0.6 is 10.2 Å². The van der Waals surface area contributed by atoms with Crippen molar-refractivity contribution in [1.82, 2.24) is 0 Å². The first-order chi connectivity index (χ1) is 9.43. The van der Waals surface area contributed by atoms with E-state index in [1.807, 2.05) is 0 Å². The van der Waals surface area contributed by atoms with Gasteiger partial charge in [-0.05, 0) is 45.9 Å². The highest BCUT2D eigenvalue weighted by Gasteiger charge is 2.68. The average molecular weight is 345 g/mol. The first-order valence-electron chi connectivity index (χ1n) is 6.42. The number of nitrogens with two attached hydrogens (primary N) is 1. The number of halogens is 5. The van der Waals surface area contributed by atoms with E-state index in [-0.39, 0.29) is 11.8 Å². The van der Waals surface area contributed by atoms with E-state index in [1.165, 1.54) is 0 Å². The van der Waals surface area contributed by atoms with Gasteiger partial charge in [0.1, 0.15) is 4.90 Å². The quantitative estimate of drug-likeness (QED) is 0.496. The van der Waals surface area contributed by atoms with Crippen LogP contribution in [0.25, 0.3) is 0 Å². The Morgan fingerprint density at radius 1 is 0.955 bits per heavy atom. The first-order valence-corrected chi connectivity index (χ1v) is 8.37. The van der Waals surface area contributed by atoms with Crippen molar-refractivity contribution in [2.45, 2.75) is 43.8 Å². The fourth-order valence-corrected chi connectivity index (χ4v) is 3.00. The summed E-state index contributed by atoms with van der Waals surface area (Å²) in [6, 6.07) is 1.87. The molecular formula is C12H17BF5NO2S. The van der Waals surface area contributed by atoms with Gasteiger partial charge in [0.15, 0.2) is 0 Å². The van der Waals surface area contributed by atoms with E-state index >= 15 is 0 Å². The summed E-state index contributed by atoms with van der Waals surface area (Å²) in [7, 11) is -11.5. The largest absolute Gasteiger partial charge is 0.496 e. The van der Waals surface area contributed by atoms with E-state index in [9.17, 15) is 19.4 Å². The second-order valence-corrected chi connectivity index (χ2v) is 8.73. The van der Waals surface area contributed by atoms with Crippen molar-refractivity contribution in [3.05, 3.63) is 18.2 Å². The van der Waals surface area contributed by atoms with Gasteiger partial charge in [-0.2, -0.15) is 0 Å². The van der Waals surface area contributed by atoms with Crippen molar-refractivity contribution >= 4 is 28.5 Å². The maximum Gasteiger partial charge on any atom is 0.496 e. The fourth-order valence-electron chi connectivity index (χ4n) is 2.07. The van der Waals surface area contributed by atoms with Crippen LogP contribution in [-0.2, 0) is 9.31 Å². The summed E-state index contributed by atoms with van der Waals surface area (Å²) in [6.07, 6.45) is 0. The number of hydrogen-bond donors (Lipinski definition) is 1. The molecule has 0 saturated carbocycles. The molecule has 126 valence electrons. The Balaban J connectivity index is 2.62. The van der Waals surface area contributed by atoms with Gasteiger partial charge in [-0.3, -0.25) is 0 Å². The Morgan fingerprint density at radius 3 is 1.82 bits per heavy atom. The molecular weight excluding hydrogens is 328 g/mol. The zero-order chi connectivity index (χ0) is 17.3. The maximum absolute atomic E-state index is 13.2.